The Hall–Kier alpha value is -3.08. The third-order valence-corrected chi connectivity index (χ3v) is 3.72. The summed E-state index contributed by atoms with van der Waals surface area (Å²) in [5, 5.41) is 2.75. The van der Waals surface area contributed by atoms with Crippen LogP contribution in [0.15, 0.2) is 54.6 Å². The lowest BCUT2D eigenvalue weighted by molar-refractivity contribution is -0.129. The number of ether oxygens (including phenoxy) is 1. The Morgan fingerprint density at radius 3 is 2.44 bits per heavy atom. The molecular weight excluding hydrogens is 316 g/mol. The average Bonchev–Trinajstić information content (AvgIpc) is 2.61. The molecule has 0 bridgehead atoms. The van der Waals surface area contributed by atoms with Gasteiger partial charge in [-0.1, -0.05) is 24.3 Å². The van der Waals surface area contributed by atoms with Crippen LogP contribution in [-0.2, 0) is 9.59 Å². The van der Waals surface area contributed by atoms with Crippen LogP contribution in [0.3, 0.4) is 0 Å². The quantitative estimate of drug-likeness (QED) is 0.823. The van der Waals surface area contributed by atoms with E-state index in [1.165, 1.54) is 11.0 Å². The summed E-state index contributed by atoms with van der Waals surface area (Å²) in [6, 6.07) is 14.8. The van der Waals surface area contributed by atoms with Crippen LogP contribution in [0.4, 0.5) is 5.69 Å². The minimum Gasteiger partial charge on any atom is -0.497 e. The van der Waals surface area contributed by atoms with Gasteiger partial charge in [0.05, 0.1) is 13.7 Å². The molecule has 0 atom stereocenters. The second kappa shape index (κ2) is 8.68. The van der Waals surface area contributed by atoms with Crippen molar-refractivity contribution in [2.45, 2.75) is 6.92 Å². The Labute approximate surface area is 147 Å². The fourth-order valence-corrected chi connectivity index (χ4v) is 2.23. The van der Waals surface area contributed by atoms with Crippen LogP contribution in [0.25, 0.3) is 6.08 Å². The second-order valence-corrected chi connectivity index (χ2v) is 5.66. The van der Waals surface area contributed by atoms with E-state index in [-0.39, 0.29) is 18.4 Å². The van der Waals surface area contributed by atoms with Crippen molar-refractivity contribution in [1.82, 2.24) is 4.90 Å². The number of carbonyl (C=O) groups is 2. The number of hydrogen-bond donors (Lipinski definition) is 1. The van der Waals surface area contributed by atoms with Crippen LogP contribution >= 0.6 is 0 Å². The summed E-state index contributed by atoms with van der Waals surface area (Å²) in [5.41, 5.74) is 2.72. The molecule has 2 aromatic carbocycles. The molecule has 2 aromatic rings. The van der Waals surface area contributed by atoms with Crippen LogP contribution in [0.1, 0.15) is 11.1 Å². The molecule has 0 spiro atoms. The summed E-state index contributed by atoms with van der Waals surface area (Å²) in [7, 11) is 3.18. The largest absolute Gasteiger partial charge is 0.497 e. The molecule has 0 heterocycles. The summed E-state index contributed by atoms with van der Waals surface area (Å²) < 4.78 is 5.07. The van der Waals surface area contributed by atoms with Gasteiger partial charge in [0.25, 0.3) is 0 Å². The summed E-state index contributed by atoms with van der Waals surface area (Å²) in [6.45, 7) is 1.96. The minimum atomic E-state index is -0.259. The predicted octanol–water partition coefficient (Wildman–Crippen LogP) is 3.11. The molecule has 2 amide bonds. The number of anilines is 1. The number of likely N-dealkylation sites (N-methyl/N-ethyl adjacent to an activating group) is 1. The normalized spacial score (nSPS) is 10.5. The minimum absolute atomic E-state index is 0.0248. The highest BCUT2D eigenvalue weighted by Crippen LogP contribution is 2.15. The van der Waals surface area contributed by atoms with E-state index in [4.69, 9.17) is 4.74 Å². The van der Waals surface area contributed by atoms with Gasteiger partial charge >= 0.3 is 0 Å². The van der Waals surface area contributed by atoms with Crippen LogP contribution in [0.5, 0.6) is 5.75 Å². The first-order chi connectivity index (χ1) is 12.0. The van der Waals surface area contributed by atoms with Gasteiger partial charge < -0.3 is 15.0 Å². The van der Waals surface area contributed by atoms with Gasteiger partial charge in [-0.3, -0.25) is 9.59 Å². The second-order valence-electron chi connectivity index (χ2n) is 5.66. The van der Waals surface area contributed by atoms with E-state index in [2.05, 4.69) is 5.32 Å². The van der Waals surface area contributed by atoms with Crippen molar-refractivity contribution in [1.29, 1.82) is 0 Å². The molecule has 25 heavy (non-hydrogen) atoms. The number of rotatable bonds is 6. The van der Waals surface area contributed by atoms with E-state index < -0.39 is 0 Å². The first kappa shape index (κ1) is 18.3. The molecule has 0 aromatic heterocycles. The van der Waals surface area contributed by atoms with Crippen molar-refractivity contribution in [3.63, 3.8) is 0 Å². The highest BCUT2D eigenvalue weighted by molar-refractivity contribution is 5.98. The van der Waals surface area contributed by atoms with Crippen LogP contribution < -0.4 is 10.1 Å². The molecule has 0 aliphatic carbocycles. The molecule has 0 radical (unpaired) electrons. The number of hydrogen-bond acceptors (Lipinski definition) is 3. The Morgan fingerprint density at radius 1 is 1.12 bits per heavy atom. The van der Waals surface area contributed by atoms with Crippen molar-refractivity contribution in [3.05, 3.63) is 65.7 Å². The summed E-state index contributed by atoms with van der Waals surface area (Å²) in [4.78, 5) is 25.6. The molecule has 0 fully saturated rings. The topological polar surface area (TPSA) is 58.6 Å². The monoisotopic (exact) mass is 338 g/mol. The van der Waals surface area contributed by atoms with Gasteiger partial charge in [0.15, 0.2) is 0 Å². The zero-order valence-corrected chi connectivity index (χ0v) is 14.7. The first-order valence-corrected chi connectivity index (χ1v) is 7.92. The van der Waals surface area contributed by atoms with Gasteiger partial charge in [0.2, 0.25) is 11.8 Å². The molecule has 5 nitrogen and oxygen atoms in total. The fraction of sp³-hybridized carbons (Fsp3) is 0.200. The Bertz CT molecular complexity index is 767. The molecule has 0 aliphatic heterocycles. The number of carbonyl (C=O) groups excluding carboxylic acids is 2. The molecular formula is C20H22N2O3. The standard InChI is InChI=1S/C20H22N2O3/c1-15-6-4-5-7-16(15)8-13-20(24)22(2)14-19(23)21-17-9-11-18(25-3)12-10-17/h4-13H,14H2,1-3H3,(H,21,23)/b13-8+. The molecule has 0 unspecified atom stereocenters. The van der Waals surface area contributed by atoms with Gasteiger partial charge in [-0.05, 0) is 48.4 Å². The zero-order valence-electron chi connectivity index (χ0n) is 14.7. The Balaban J connectivity index is 1.89. The number of nitrogens with one attached hydrogen (secondary N) is 1. The van der Waals surface area contributed by atoms with Crippen molar-refractivity contribution in [2.24, 2.45) is 0 Å². The lowest BCUT2D eigenvalue weighted by atomic mass is 10.1. The van der Waals surface area contributed by atoms with E-state index in [9.17, 15) is 9.59 Å². The zero-order chi connectivity index (χ0) is 18.2. The predicted molar refractivity (Wildman–Crippen MR) is 99.5 cm³/mol. The van der Waals surface area contributed by atoms with Crippen molar-refractivity contribution in [3.8, 4) is 5.75 Å². The van der Waals surface area contributed by atoms with Gasteiger partial charge in [0.1, 0.15) is 5.75 Å². The maximum absolute atomic E-state index is 12.1. The first-order valence-electron chi connectivity index (χ1n) is 7.92. The van der Waals surface area contributed by atoms with Crippen LogP contribution in [0, 0.1) is 6.92 Å². The van der Waals surface area contributed by atoms with Gasteiger partial charge in [-0.15, -0.1) is 0 Å². The lowest BCUT2D eigenvalue weighted by Gasteiger charge is -2.15. The van der Waals surface area contributed by atoms with E-state index in [0.717, 1.165) is 11.1 Å². The maximum atomic E-state index is 12.1. The third-order valence-electron chi connectivity index (χ3n) is 3.72. The van der Waals surface area contributed by atoms with Crippen molar-refractivity contribution in [2.75, 3.05) is 26.0 Å². The highest BCUT2D eigenvalue weighted by atomic mass is 16.5. The van der Waals surface area contributed by atoms with Gasteiger partial charge in [-0.25, -0.2) is 0 Å². The summed E-state index contributed by atoms with van der Waals surface area (Å²) in [5.74, 6) is 0.227. The molecule has 1 N–H and O–H groups in total. The number of benzene rings is 2. The number of amides is 2. The van der Waals surface area contributed by atoms with E-state index in [1.807, 2.05) is 31.2 Å². The summed E-state index contributed by atoms with van der Waals surface area (Å²) in [6.07, 6.45) is 3.23. The number of aryl methyl sites for hydroxylation is 1. The number of methoxy groups -OCH3 is 1. The fourth-order valence-electron chi connectivity index (χ4n) is 2.23. The van der Waals surface area contributed by atoms with E-state index >= 15 is 0 Å². The Kier molecular flexibility index (Phi) is 6.34. The number of nitrogens with zero attached hydrogens (tertiary/aromatic N) is 1. The molecule has 2 rings (SSSR count). The third kappa shape index (κ3) is 5.49. The van der Waals surface area contributed by atoms with Crippen LogP contribution in [0.2, 0.25) is 0 Å². The Morgan fingerprint density at radius 2 is 1.80 bits per heavy atom. The molecule has 0 saturated heterocycles. The highest BCUT2D eigenvalue weighted by Gasteiger charge is 2.11. The average molecular weight is 338 g/mol. The molecule has 130 valence electrons. The summed E-state index contributed by atoms with van der Waals surface area (Å²) >= 11 is 0. The van der Waals surface area contributed by atoms with Crippen molar-refractivity contribution < 1.29 is 14.3 Å². The smallest absolute Gasteiger partial charge is 0.246 e. The van der Waals surface area contributed by atoms with Gasteiger partial charge in [-0.2, -0.15) is 0 Å². The molecule has 5 heteroatoms. The van der Waals surface area contributed by atoms with E-state index in [0.29, 0.717) is 11.4 Å². The van der Waals surface area contributed by atoms with Gasteiger partial charge in [0, 0.05) is 18.8 Å². The molecule has 0 aliphatic rings. The van der Waals surface area contributed by atoms with E-state index in [1.54, 1.807) is 44.5 Å². The van der Waals surface area contributed by atoms with Crippen LogP contribution in [-0.4, -0.2) is 37.4 Å². The lowest BCUT2D eigenvalue weighted by Crippen LogP contribution is -2.33. The van der Waals surface area contributed by atoms with Crippen molar-refractivity contribution >= 4 is 23.6 Å². The molecule has 0 saturated carbocycles. The maximum Gasteiger partial charge on any atom is 0.246 e. The SMILES string of the molecule is COc1ccc(NC(=O)CN(C)C(=O)/C=C/c2ccccc2C)cc1.